The van der Waals surface area contributed by atoms with Gasteiger partial charge in [-0.1, -0.05) is 11.6 Å². The van der Waals surface area contributed by atoms with Crippen LogP contribution in [0.1, 0.15) is 13.3 Å². The van der Waals surface area contributed by atoms with Crippen molar-refractivity contribution in [2.45, 2.75) is 19.4 Å². The fraction of sp³-hybridized carbons (Fsp3) is 0.462. The fourth-order valence-corrected chi connectivity index (χ4v) is 2.54. The maximum Gasteiger partial charge on any atom is 0.227 e. The van der Waals surface area contributed by atoms with E-state index in [4.69, 9.17) is 11.6 Å². The van der Waals surface area contributed by atoms with Gasteiger partial charge < -0.3 is 10.2 Å². The Bertz CT molecular complexity index is 404. The monoisotopic (exact) mass is 252 g/mol. The van der Waals surface area contributed by atoms with E-state index in [1.807, 2.05) is 36.2 Å². The quantitative estimate of drug-likeness (QED) is 0.895. The lowest BCUT2D eigenvalue weighted by Gasteiger charge is -2.24. The zero-order valence-corrected chi connectivity index (χ0v) is 10.9. The minimum absolute atomic E-state index is 0.195. The molecule has 1 amide bonds. The van der Waals surface area contributed by atoms with Crippen molar-refractivity contribution in [1.82, 2.24) is 5.32 Å². The lowest BCUT2D eigenvalue weighted by Crippen LogP contribution is -2.35. The van der Waals surface area contributed by atoms with Crippen molar-refractivity contribution in [3.05, 3.63) is 29.3 Å². The van der Waals surface area contributed by atoms with Gasteiger partial charge in [-0.05, 0) is 38.2 Å². The van der Waals surface area contributed by atoms with Crippen LogP contribution >= 0.6 is 11.6 Å². The number of hydrogen-bond donors (Lipinski definition) is 1. The van der Waals surface area contributed by atoms with Gasteiger partial charge in [0.2, 0.25) is 5.91 Å². The molecule has 2 unspecified atom stereocenters. The van der Waals surface area contributed by atoms with E-state index in [1.54, 1.807) is 0 Å². The Morgan fingerprint density at radius 1 is 1.41 bits per heavy atom. The highest BCUT2D eigenvalue weighted by molar-refractivity contribution is 6.30. The van der Waals surface area contributed by atoms with Gasteiger partial charge in [-0.15, -0.1) is 0 Å². The summed E-state index contributed by atoms with van der Waals surface area (Å²) >= 11 is 5.86. The molecule has 92 valence electrons. The summed E-state index contributed by atoms with van der Waals surface area (Å²) in [6.45, 7) is 2.97. The number of amides is 1. The van der Waals surface area contributed by atoms with Gasteiger partial charge in [-0.2, -0.15) is 0 Å². The van der Waals surface area contributed by atoms with Gasteiger partial charge in [0.25, 0.3) is 0 Å². The summed E-state index contributed by atoms with van der Waals surface area (Å²) in [6.07, 6.45) is 0.616. The van der Waals surface area contributed by atoms with E-state index in [1.165, 1.54) is 0 Å². The van der Waals surface area contributed by atoms with Crippen molar-refractivity contribution < 1.29 is 4.79 Å². The largest absolute Gasteiger partial charge is 0.319 e. The van der Waals surface area contributed by atoms with Crippen LogP contribution in [0.15, 0.2) is 24.3 Å². The number of hydrogen-bond acceptors (Lipinski definition) is 2. The molecule has 1 aliphatic heterocycles. The lowest BCUT2D eigenvalue weighted by molar-refractivity contribution is -0.117. The van der Waals surface area contributed by atoms with Crippen LogP contribution in [-0.2, 0) is 4.79 Å². The number of halogens is 1. The van der Waals surface area contributed by atoms with Crippen molar-refractivity contribution in [2.75, 3.05) is 18.5 Å². The molecule has 1 N–H and O–H groups in total. The summed E-state index contributed by atoms with van der Waals surface area (Å²) < 4.78 is 0. The maximum absolute atomic E-state index is 12.0. The summed E-state index contributed by atoms with van der Waals surface area (Å²) in [7, 11) is 1.92. The zero-order chi connectivity index (χ0) is 12.4. The highest BCUT2D eigenvalue weighted by Gasteiger charge is 2.36. The Balaban J connectivity index is 2.21. The predicted molar refractivity (Wildman–Crippen MR) is 70.4 cm³/mol. The van der Waals surface area contributed by atoms with Crippen molar-refractivity contribution >= 4 is 23.2 Å². The van der Waals surface area contributed by atoms with E-state index in [0.717, 1.165) is 12.2 Å². The number of rotatable bonds is 3. The first-order valence-corrected chi connectivity index (χ1v) is 6.23. The summed E-state index contributed by atoms with van der Waals surface area (Å²) in [6, 6.07) is 7.68. The van der Waals surface area contributed by atoms with Crippen LogP contribution in [0.25, 0.3) is 0 Å². The SMILES string of the molecule is CNCC1CC(=O)N(c2ccc(Cl)cc2)C1C. The molecule has 2 atom stereocenters. The number of anilines is 1. The Hall–Kier alpha value is -1.06. The van der Waals surface area contributed by atoms with Gasteiger partial charge >= 0.3 is 0 Å². The minimum atomic E-state index is 0.195. The number of carbonyl (C=O) groups is 1. The molecule has 0 bridgehead atoms. The van der Waals surface area contributed by atoms with Gasteiger partial charge in [0.15, 0.2) is 0 Å². The van der Waals surface area contributed by atoms with Crippen LogP contribution in [0.4, 0.5) is 5.69 Å². The third-order valence-electron chi connectivity index (χ3n) is 3.37. The summed E-state index contributed by atoms with van der Waals surface area (Å²) in [5, 5.41) is 3.84. The number of benzene rings is 1. The molecular formula is C13H17ClN2O. The van der Waals surface area contributed by atoms with E-state index in [9.17, 15) is 4.79 Å². The molecule has 2 rings (SSSR count). The molecule has 1 fully saturated rings. The second kappa shape index (κ2) is 5.07. The van der Waals surface area contributed by atoms with E-state index < -0.39 is 0 Å². The number of carbonyl (C=O) groups excluding carboxylic acids is 1. The molecule has 3 nitrogen and oxygen atoms in total. The molecule has 4 heteroatoms. The van der Waals surface area contributed by atoms with Crippen molar-refractivity contribution in [3.8, 4) is 0 Å². The molecule has 1 aliphatic rings. The Labute approximate surface area is 107 Å². The van der Waals surface area contributed by atoms with Crippen LogP contribution in [0.2, 0.25) is 5.02 Å². The van der Waals surface area contributed by atoms with Gasteiger partial charge in [0.1, 0.15) is 0 Å². The van der Waals surface area contributed by atoms with E-state index in [0.29, 0.717) is 17.4 Å². The van der Waals surface area contributed by atoms with Crippen LogP contribution in [0, 0.1) is 5.92 Å². The molecular weight excluding hydrogens is 236 g/mol. The van der Waals surface area contributed by atoms with Crippen LogP contribution in [-0.4, -0.2) is 25.5 Å². The average Bonchev–Trinajstić information content (AvgIpc) is 2.57. The maximum atomic E-state index is 12.0. The van der Waals surface area contributed by atoms with Crippen molar-refractivity contribution in [1.29, 1.82) is 0 Å². The average molecular weight is 253 g/mol. The van der Waals surface area contributed by atoms with Crippen LogP contribution in [0.3, 0.4) is 0 Å². The first-order chi connectivity index (χ1) is 8.13. The van der Waals surface area contributed by atoms with Crippen molar-refractivity contribution in [2.24, 2.45) is 5.92 Å². The standard InChI is InChI=1S/C13H17ClN2O/c1-9-10(8-15-2)7-13(17)16(9)12-5-3-11(14)4-6-12/h3-6,9-10,15H,7-8H2,1-2H3. The molecule has 0 spiro atoms. The molecule has 1 aromatic carbocycles. The second-order valence-electron chi connectivity index (χ2n) is 4.50. The highest BCUT2D eigenvalue weighted by Crippen LogP contribution is 2.31. The smallest absolute Gasteiger partial charge is 0.227 e. The van der Waals surface area contributed by atoms with E-state index in [-0.39, 0.29) is 11.9 Å². The highest BCUT2D eigenvalue weighted by atomic mass is 35.5. The number of nitrogens with zero attached hydrogens (tertiary/aromatic N) is 1. The first-order valence-electron chi connectivity index (χ1n) is 5.85. The lowest BCUT2D eigenvalue weighted by atomic mass is 10.0. The van der Waals surface area contributed by atoms with Gasteiger partial charge in [-0.3, -0.25) is 4.79 Å². The summed E-state index contributed by atoms with van der Waals surface area (Å²) in [5.41, 5.74) is 0.936. The molecule has 1 saturated heterocycles. The van der Waals surface area contributed by atoms with Crippen LogP contribution < -0.4 is 10.2 Å². The molecule has 1 aromatic rings. The molecule has 17 heavy (non-hydrogen) atoms. The normalized spacial score (nSPS) is 24.4. The number of nitrogens with one attached hydrogen (secondary N) is 1. The molecule has 0 saturated carbocycles. The minimum Gasteiger partial charge on any atom is -0.319 e. The van der Waals surface area contributed by atoms with Gasteiger partial charge in [0, 0.05) is 35.6 Å². The molecule has 0 aliphatic carbocycles. The first kappa shape index (κ1) is 12.4. The zero-order valence-electron chi connectivity index (χ0n) is 10.1. The van der Waals surface area contributed by atoms with E-state index in [2.05, 4.69) is 12.2 Å². The van der Waals surface area contributed by atoms with Gasteiger partial charge in [-0.25, -0.2) is 0 Å². The molecule has 0 aromatic heterocycles. The molecule has 0 radical (unpaired) electrons. The third-order valence-corrected chi connectivity index (χ3v) is 3.62. The topological polar surface area (TPSA) is 32.3 Å². The van der Waals surface area contributed by atoms with Crippen molar-refractivity contribution in [3.63, 3.8) is 0 Å². The predicted octanol–water partition coefficient (Wildman–Crippen LogP) is 2.30. The Kier molecular flexibility index (Phi) is 3.69. The third kappa shape index (κ3) is 2.45. The van der Waals surface area contributed by atoms with Gasteiger partial charge in [0.05, 0.1) is 0 Å². The second-order valence-corrected chi connectivity index (χ2v) is 4.94. The molecule has 1 heterocycles. The summed E-state index contributed by atoms with van der Waals surface area (Å²) in [4.78, 5) is 13.9. The summed E-state index contributed by atoms with van der Waals surface area (Å²) in [5.74, 6) is 0.572. The van der Waals surface area contributed by atoms with Crippen LogP contribution in [0.5, 0.6) is 0 Å². The fourth-order valence-electron chi connectivity index (χ4n) is 2.42. The Morgan fingerprint density at radius 2 is 2.06 bits per heavy atom. The Morgan fingerprint density at radius 3 is 2.65 bits per heavy atom. The van der Waals surface area contributed by atoms with E-state index >= 15 is 0 Å².